The van der Waals surface area contributed by atoms with Crippen LogP contribution in [0.3, 0.4) is 0 Å². The number of nitrogens with zero attached hydrogens (tertiary/aromatic N) is 3. The Hall–Kier alpha value is -6.26. The number of hydrogen-bond acceptors (Lipinski definition) is 2. The van der Waals surface area contributed by atoms with Crippen LogP contribution in [0.1, 0.15) is 141 Å². The molecule has 2 aliphatic heterocycles. The zero-order valence-corrected chi connectivity index (χ0v) is 43.5. The van der Waals surface area contributed by atoms with E-state index < -0.39 is 0 Å². The van der Waals surface area contributed by atoms with E-state index in [-0.39, 0.29) is 33.8 Å². The zero-order valence-electron chi connectivity index (χ0n) is 43.5. The Labute approximate surface area is 412 Å². The van der Waals surface area contributed by atoms with E-state index >= 15 is 0 Å². The third-order valence-electron chi connectivity index (χ3n) is 17.1. The lowest BCUT2D eigenvalue weighted by Gasteiger charge is -2.45. The van der Waals surface area contributed by atoms with Crippen molar-refractivity contribution in [3.05, 3.63) is 178 Å². The molecule has 0 N–H and O–H groups in total. The number of aryl methyl sites for hydroxylation is 2. The summed E-state index contributed by atoms with van der Waals surface area (Å²) >= 11 is 0. The molecule has 0 saturated heterocycles. The summed E-state index contributed by atoms with van der Waals surface area (Å²) in [7, 11) is 0. The monoisotopic (exact) mass is 902 g/mol. The first-order chi connectivity index (χ1) is 32.6. The van der Waals surface area contributed by atoms with Crippen LogP contribution >= 0.6 is 0 Å². The lowest BCUT2D eigenvalue weighted by Crippen LogP contribution is -2.60. The van der Waals surface area contributed by atoms with Gasteiger partial charge < -0.3 is 14.4 Å². The van der Waals surface area contributed by atoms with Gasteiger partial charge in [0, 0.05) is 67.4 Å². The van der Waals surface area contributed by atoms with Crippen molar-refractivity contribution in [2.75, 3.05) is 9.80 Å². The van der Waals surface area contributed by atoms with E-state index in [4.69, 9.17) is 0 Å². The number of para-hydroxylation sites is 1. The molecule has 0 bridgehead atoms. The normalized spacial score (nSPS) is 16.7. The fourth-order valence-corrected chi connectivity index (χ4v) is 13.1. The predicted molar refractivity (Wildman–Crippen MR) is 297 cm³/mol. The molecule has 0 unspecified atom stereocenters. The van der Waals surface area contributed by atoms with Crippen molar-refractivity contribution in [3.63, 3.8) is 0 Å². The van der Waals surface area contributed by atoms with Crippen LogP contribution in [0.15, 0.2) is 133 Å². The van der Waals surface area contributed by atoms with E-state index in [9.17, 15) is 0 Å². The van der Waals surface area contributed by atoms with E-state index in [0.717, 1.165) is 17.1 Å². The molecule has 346 valence electrons. The van der Waals surface area contributed by atoms with Crippen molar-refractivity contribution in [3.8, 4) is 16.8 Å². The van der Waals surface area contributed by atoms with Crippen LogP contribution in [-0.2, 0) is 27.1 Å². The minimum absolute atomic E-state index is 0.0411. The lowest BCUT2D eigenvalue weighted by atomic mass is 9.33. The average molecular weight is 902 g/mol. The Morgan fingerprint density at radius 2 is 1.10 bits per heavy atom. The second kappa shape index (κ2) is 14.4. The summed E-state index contributed by atoms with van der Waals surface area (Å²) in [4.78, 5) is 5.17. The quantitative estimate of drug-likeness (QED) is 0.163. The second-order valence-electron chi connectivity index (χ2n) is 25.1. The average Bonchev–Trinajstić information content (AvgIpc) is 3.77. The Balaban J connectivity index is 1.16. The molecule has 3 nitrogen and oxygen atoms in total. The molecule has 4 heteroatoms. The van der Waals surface area contributed by atoms with Gasteiger partial charge in [0.2, 0.25) is 0 Å². The van der Waals surface area contributed by atoms with Gasteiger partial charge in [0.25, 0.3) is 6.71 Å². The Morgan fingerprint density at radius 1 is 0.522 bits per heavy atom. The van der Waals surface area contributed by atoms with E-state index in [2.05, 4.69) is 245 Å². The highest BCUT2D eigenvalue weighted by atomic mass is 15.2. The summed E-state index contributed by atoms with van der Waals surface area (Å²) in [5, 5.41) is 1.36. The molecule has 8 aromatic rings. The van der Waals surface area contributed by atoms with Crippen LogP contribution in [-0.4, -0.2) is 11.3 Å². The molecule has 1 aromatic heterocycles. The van der Waals surface area contributed by atoms with Crippen LogP contribution < -0.4 is 26.2 Å². The summed E-state index contributed by atoms with van der Waals surface area (Å²) in [6.45, 7) is 33.2. The molecule has 0 saturated carbocycles. The first-order valence-corrected chi connectivity index (χ1v) is 25.6. The van der Waals surface area contributed by atoms with E-state index in [1.54, 1.807) is 0 Å². The molecule has 4 aliphatic rings. The first kappa shape index (κ1) is 44.0. The molecule has 0 spiro atoms. The van der Waals surface area contributed by atoms with E-state index in [1.165, 1.54) is 119 Å². The first-order valence-electron chi connectivity index (χ1n) is 25.6. The molecule has 0 amide bonds. The Kier molecular flexibility index (Phi) is 9.19. The number of hydrogen-bond donors (Lipinski definition) is 0. The smallest absolute Gasteiger partial charge is 0.252 e. The van der Waals surface area contributed by atoms with E-state index in [0.29, 0.717) is 0 Å². The van der Waals surface area contributed by atoms with Crippen molar-refractivity contribution in [2.24, 2.45) is 0 Å². The zero-order chi connectivity index (χ0) is 48.5. The van der Waals surface area contributed by atoms with Gasteiger partial charge in [0.1, 0.15) is 0 Å². The van der Waals surface area contributed by atoms with Crippen molar-refractivity contribution < 1.29 is 0 Å². The van der Waals surface area contributed by atoms with Gasteiger partial charge >= 0.3 is 0 Å². The largest absolute Gasteiger partial charge is 0.313 e. The predicted octanol–water partition coefficient (Wildman–Crippen LogP) is 15.6. The number of anilines is 6. The van der Waals surface area contributed by atoms with Crippen LogP contribution in [0.25, 0.3) is 27.7 Å². The van der Waals surface area contributed by atoms with Gasteiger partial charge in [-0.2, -0.15) is 0 Å². The maximum atomic E-state index is 2.70. The summed E-state index contributed by atoms with van der Waals surface area (Å²) in [6.07, 6.45) is 2.35. The fourth-order valence-electron chi connectivity index (χ4n) is 13.1. The van der Waals surface area contributed by atoms with Crippen LogP contribution in [0.5, 0.6) is 0 Å². The highest BCUT2D eigenvalue weighted by Gasteiger charge is 2.48. The Morgan fingerprint density at radius 3 is 1.72 bits per heavy atom. The van der Waals surface area contributed by atoms with Crippen molar-refractivity contribution in [1.29, 1.82) is 0 Å². The molecule has 0 fully saturated rings. The lowest BCUT2D eigenvalue weighted by molar-refractivity contribution is 0.332. The molecule has 3 heterocycles. The number of fused-ring (bicyclic) bond motifs is 10. The molecule has 0 atom stereocenters. The van der Waals surface area contributed by atoms with Gasteiger partial charge in [-0.15, -0.1) is 0 Å². The topological polar surface area (TPSA) is 11.4 Å². The minimum Gasteiger partial charge on any atom is -0.313 e. The fraction of sp³-hybridized carbons (Fsp3) is 0.323. The Bertz CT molecular complexity index is 3400. The number of aromatic nitrogens is 1. The minimum atomic E-state index is -0.181. The van der Waals surface area contributed by atoms with Crippen molar-refractivity contribution in [2.45, 2.75) is 137 Å². The standard InChI is InChI=1S/C65H68BN3/c1-39-34-55-58-56(35-39)69-59-47(57-46-18-15-16-20-48(46)65(13,14)60(57)69)19-17-21-52(59)66(58)51-31-30-45(37-54(51)68(55)53-38-50-49(36-40(53)2)63(9,10)32-33-64(50,11)12)67(43-26-22-41(23-27-43)61(3,4)5)44-28-24-42(25-29-44)62(6,7)8/h15-31,34-38H,32-33H2,1-14H3. The van der Waals surface area contributed by atoms with Gasteiger partial charge in [-0.25, -0.2) is 0 Å². The van der Waals surface area contributed by atoms with Gasteiger partial charge in [-0.3, -0.25) is 0 Å². The third kappa shape index (κ3) is 6.32. The van der Waals surface area contributed by atoms with Gasteiger partial charge in [0.15, 0.2) is 0 Å². The summed E-state index contributed by atoms with van der Waals surface area (Å²) in [6, 6.07) is 52.5. The second-order valence-corrected chi connectivity index (χ2v) is 25.1. The van der Waals surface area contributed by atoms with Crippen LogP contribution in [0, 0.1) is 13.8 Å². The SMILES string of the molecule is Cc1cc2c3c(c1)-n1c4c(c5cccc(c51)B3c1ccc(N(c3ccc(C(C)(C)C)cc3)c3ccc(C(C)(C)C)cc3)cc1N2c1cc2c(cc1C)C(C)(C)CCC2(C)C)-c1ccccc1C4(C)C. The summed E-state index contributed by atoms with van der Waals surface area (Å²) in [5.74, 6) is 0. The molecular formula is C65H68BN3. The van der Waals surface area contributed by atoms with Gasteiger partial charge in [-0.05, 0) is 164 Å². The summed E-state index contributed by atoms with van der Waals surface area (Å²) < 4.78 is 2.70. The molecule has 0 radical (unpaired) electrons. The molecular weight excluding hydrogens is 834 g/mol. The third-order valence-corrected chi connectivity index (χ3v) is 17.1. The maximum absolute atomic E-state index is 2.70. The number of benzene rings is 7. The van der Waals surface area contributed by atoms with Gasteiger partial charge in [-0.1, -0.05) is 162 Å². The van der Waals surface area contributed by atoms with Crippen LogP contribution in [0.4, 0.5) is 34.1 Å². The van der Waals surface area contributed by atoms with Gasteiger partial charge in [0.05, 0.1) is 0 Å². The van der Waals surface area contributed by atoms with Crippen molar-refractivity contribution >= 4 is 68.1 Å². The maximum Gasteiger partial charge on any atom is 0.252 e. The molecule has 2 aliphatic carbocycles. The highest BCUT2D eigenvalue weighted by Crippen LogP contribution is 2.56. The highest BCUT2D eigenvalue weighted by molar-refractivity contribution is 7.00. The van der Waals surface area contributed by atoms with E-state index in [1.807, 2.05) is 0 Å². The van der Waals surface area contributed by atoms with Crippen LogP contribution in [0.2, 0.25) is 0 Å². The molecule has 7 aromatic carbocycles. The molecule has 12 rings (SSSR count). The van der Waals surface area contributed by atoms with Crippen molar-refractivity contribution in [1.82, 2.24) is 4.57 Å². The summed E-state index contributed by atoms with van der Waals surface area (Å²) in [5.41, 5.74) is 27.9. The number of rotatable bonds is 4. The molecule has 69 heavy (non-hydrogen) atoms.